The summed E-state index contributed by atoms with van der Waals surface area (Å²) in [6.45, 7) is 7.85. The van der Waals surface area contributed by atoms with E-state index in [1.54, 1.807) is 12.1 Å². The van der Waals surface area contributed by atoms with Crippen LogP contribution >= 0.6 is 0 Å². The van der Waals surface area contributed by atoms with E-state index < -0.39 is 15.9 Å². The van der Waals surface area contributed by atoms with Crippen LogP contribution in [-0.2, 0) is 14.8 Å². The van der Waals surface area contributed by atoms with Crippen LogP contribution in [0.15, 0.2) is 51.6 Å². The summed E-state index contributed by atoms with van der Waals surface area (Å²) < 4.78 is 32.5. The van der Waals surface area contributed by atoms with Gasteiger partial charge in [0.2, 0.25) is 18.2 Å². The van der Waals surface area contributed by atoms with Gasteiger partial charge in [-0.15, -0.1) is 10.2 Å². The average molecular weight is 375 g/mol. The Labute approximate surface area is 152 Å². The first-order chi connectivity index (χ1) is 12.1. The van der Waals surface area contributed by atoms with Crippen LogP contribution in [0.1, 0.15) is 27.7 Å². The number of rotatable bonds is 5. The van der Waals surface area contributed by atoms with E-state index in [2.05, 4.69) is 14.9 Å². The van der Waals surface area contributed by atoms with Crippen LogP contribution in [0.4, 0.5) is 0 Å². The zero-order valence-corrected chi connectivity index (χ0v) is 15.9. The van der Waals surface area contributed by atoms with Crippen molar-refractivity contribution < 1.29 is 17.6 Å². The predicted molar refractivity (Wildman–Crippen MR) is 95.3 cm³/mol. The molecule has 26 heavy (non-hydrogen) atoms. The minimum absolute atomic E-state index is 0.0289. The van der Waals surface area contributed by atoms with Gasteiger partial charge >= 0.3 is 0 Å². The van der Waals surface area contributed by atoms with Crippen LogP contribution in [0.25, 0.3) is 11.5 Å². The summed E-state index contributed by atoms with van der Waals surface area (Å²) in [7, 11) is -3.99. The molecule has 1 saturated carbocycles. The monoisotopic (exact) mass is 375 g/mol. The quantitative estimate of drug-likeness (QED) is 0.806. The lowest BCUT2D eigenvalue weighted by atomic mass is 10.1. The Morgan fingerprint density at radius 1 is 1.31 bits per heavy atom. The number of carbonyl (C=O) groups excluding carboxylic acids is 1. The molecule has 0 radical (unpaired) electrons. The zero-order chi connectivity index (χ0) is 19.1. The number of allylic oxidation sites excluding steroid dienone is 2. The molecule has 3 rings (SSSR count). The molecule has 8 heteroatoms. The van der Waals surface area contributed by atoms with E-state index in [0.717, 1.165) is 12.0 Å². The second-order valence-corrected chi connectivity index (χ2v) is 8.99. The first-order valence-corrected chi connectivity index (χ1v) is 9.69. The van der Waals surface area contributed by atoms with Crippen molar-refractivity contribution in [3.05, 3.63) is 42.3 Å². The van der Waals surface area contributed by atoms with Crippen molar-refractivity contribution in [3.63, 3.8) is 0 Å². The highest BCUT2D eigenvalue weighted by Crippen LogP contribution is 2.59. The molecule has 1 aliphatic rings. The molecular formula is C18H21N3O4S. The minimum Gasteiger partial charge on any atom is -0.423 e. The van der Waals surface area contributed by atoms with Gasteiger partial charge in [0.1, 0.15) is 0 Å². The Morgan fingerprint density at radius 2 is 2.04 bits per heavy atom. The highest BCUT2D eigenvalue weighted by atomic mass is 32.2. The van der Waals surface area contributed by atoms with Crippen LogP contribution in [0.2, 0.25) is 0 Å². The molecule has 1 aliphatic carbocycles. The van der Waals surface area contributed by atoms with Crippen molar-refractivity contribution >= 4 is 15.9 Å². The number of hydrogen-bond donors (Lipinski definition) is 1. The van der Waals surface area contributed by atoms with Crippen molar-refractivity contribution in [2.24, 2.45) is 17.3 Å². The second kappa shape index (κ2) is 6.35. The molecule has 138 valence electrons. The van der Waals surface area contributed by atoms with Crippen LogP contribution in [-0.4, -0.2) is 24.5 Å². The minimum atomic E-state index is -3.99. The molecule has 0 saturated heterocycles. The molecule has 7 nitrogen and oxygen atoms in total. The Balaban J connectivity index is 1.81. The van der Waals surface area contributed by atoms with Crippen molar-refractivity contribution in [2.75, 3.05) is 0 Å². The van der Waals surface area contributed by atoms with Gasteiger partial charge in [-0.3, -0.25) is 4.79 Å². The van der Waals surface area contributed by atoms with Gasteiger partial charge in [0.25, 0.3) is 10.0 Å². The Kier molecular flexibility index (Phi) is 4.47. The molecule has 1 aromatic carbocycles. The van der Waals surface area contributed by atoms with Gasteiger partial charge in [-0.1, -0.05) is 31.6 Å². The number of carbonyl (C=O) groups is 1. The maximum Gasteiger partial charge on any atom is 0.264 e. The summed E-state index contributed by atoms with van der Waals surface area (Å²) in [6, 6.07) is 6.03. The van der Waals surface area contributed by atoms with Crippen molar-refractivity contribution in [1.29, 1.82) is 0 Å². The maximum atomic E-state index is 12.6. The molecule has 0 aliphatic heterocycles. The van der Waals surface area contributed by atoms with Crippen molar-refractivity contribution in [2.45, 2.75) is 32.6 Å². The SMILES string of the molecule is CC(C)=C[C@@H]1[C@H](C(=O)NS(=O)(=O)c2cccc(-c3nnco3)c2)C1(C)C. The molecule has 1 fully saturated rings. The first-order valence-electron chi connectivity index (χ1n) is 8.21. The number of nitrogens with one attached hydrogen (secondary N) is 1. The van der Waals surface area contributed by atoms with Gasteiger partial charge in [0, 0.05) is 5.56 Å². The standard InChI is InChI=1S/C18H21N3O4S/c1-11(2)8-14-15(18(14,3)4)16(22)21-26(23,24)13-7-5-6-12(9-13)17-20-19-10-25-17/h5-10,14-15H,1-4H3,(H,21,22)/t14-,15-/m1/s1. The molecule has 1 amide bonds. The Morgan fingerprint density at radius 3 is 2.65 bits per heavy atom. The van der Waals surface area contributed by atoms with E-state index in [0.29, 0.717) is 5.56 Å². The molecule has 0 unspecified atom stereocenters. The lowest BCUT2D eigenvalue weighted by molar-refractivity contribution is -0.121. The lowest BCUT2D eigenvalue weighted by Crippen LogP contribution is -2.33. The van der Waals surface area contributed by atoms with Gasteiger partial charge in [-0.2, -0.15) is 0 Å². The smallest absolute Gasteiger partial charge is 0.264 e. The van der Waals surface area contributed by atoms with E-state index in [9.17, 15) is 13.2 Å². The largest absolute Gasteiger partial charge is 0.423 e. The van der Waals surface area contributed by atoms with Crippen LogP contribution in [0.5, 0.6) is 0 Å². The summed E-state index contributed by atoms with van der Waals surface area (Å²) >= 11 is 0. The third-order valence-electron chi connectivity index (χ3n) is 4.69. The van der Waals surface area contributed by atoms with Crippen LogP contribution in [0.3, 0.4) is 0 Å². The van der Waals surface area contributed by atoms with Gasteiger partial charge in [-0.25, -0.2) is 13.1 Å². The van der Waals surface area contributed by atoms with Gasteiger partial charge in [0.15, 0.2) is 0 Å². The number of hydrogen-bond acceptors (Lipinski definition) is 6. The van der Waals surface area contributed by atoms with Gasteiger partial charge in [0.05, 0.1) is 10.8 Å². The second-order valence-electron chi connectivity index (χ2n) is 7.31. The number of benzene rings is 1. The molecule has 0 bridgehead atoms. The number of amides is 1. The van der Waals surface area contributed by atoms with E-state index in [4.69, 9.17) is 4.42 Å². The topological polar surface area (TPSA) is 102 Å². The summed E-state index contributed by atoms with van der Waals surface area (Å²) in [5, 5.41) is 7.34. The molecule has 1 heterocycles. The van der Waals surface area contributed by atoms with Gasteiger partial charge < -0.3 is 4.42 Å². The normalized spacial score (nSPS) is 21.1. The third-order valence-corrected chi connectivity index (χ3v) is 6.04. The molecule has 0 spiro atoms. The predicted octanol–water partition coefficient (Wildman–Crippen LogP) is 2.78. The van der Waals surface area contributed by atoms with Crippen molar-refractivity contribution in [3.8, 4) is 11.5 Å². The number of nitrogens with zero attached hydrogens (tertiary/aromatic N) is 2. The molecular weight excluding hydrogens is 354 g/mol. The van der Waals surface area contributed by atoms with Crippen LogP contribution in [0, 0.1) is 17.3 Å². The molecule has 1 aromatic heterocycles. The fourth-order valence-corrected chi connectivity index (χ4v) is 4.25. The van der Waals surface area contributed by atoms with E-state index in [1.807, 2.05) is 33.8 Å². The fraction of sp³-hybridized carbons (Fsp3) is 0.389. The van der Waals surface area contributed by atoms with E-state index in [1.165, 1.54) is 12.1 Å². The summed E-state index contributed by atoms with van der Waals surface area (Å²) in [6.07, 6.45) is 3.18. The Bertz CT molecular complexity index is 958. The molecule has 2 aromatic rings. The highest BCUT2D eigenvalue weighted by molar-refractivity contribution is 7.90. The molecule has 2 atom stereocenters. The van der Waals surface area contributed by atoms with Gasteiger partial charge in [-0.05, 0) is 43.4 Å². The van der Waals surface area contributed by atoms with E-state index >= 15 is 0 Å². The number of sulfonamides is 1. The third kappa shape index (κ3) is 3.41. The summed E-state index contributed by atoms with van der Waals surface area (Å²) in [5.74, 6) is -0.611. The lowest BCUT2D eigenvalue weighted by Gasteiger charge is -2.08. The fourth-order valence-electron chi connectivity index (χ4n) is 3.20. The summed E-state index contributed by atoms with van der Waals surface area (Å²) in [5.41, 5.74) is 1.31. The average Bonchev–Trinajstić information content (AvgIpc) is 2.94. The molecule has 1 N–H and O–H groups in total. The maximum absolute atomic E-state index is 12.6. The number of aromatic nitrogens is 2. The highest BCUT2D eigenvalue weighted by Gasteiger charge is 2.60. The van der Waals surface area contributed by atoms with Crippen LogP contribution < -0.4 is 4.72 Å². The summed E-state index contributed by atoms with van der Waals surface area (Å²) in [4.78, 5) is 12.5. The Hall–Kier alpha value is -2.48. The van der Waals surface area contributed by atoms with Crippen molar-refractivity contribution in [1.82, 2.24) is 14.9 Å². The zero-order valence-electron chi connectivity index (χ0n) is 15.1. The van der Waals surface area contributed by atoms with E-state index in [-0.39, 0.29) is 28.0 Å². The first kappa shape index (κ1) is 18.3.